The number of rotatable bonds is 10. The van der Waals surface area contributed by atoms with E-state index in [0.29, 0.717) is 28.8 Å². The minimum absolute atomic E-state index is 0.212. The molecule has 0 aromatic heterocycles. The Bertz CT molecular complexity index is 1150. The maximum atomic E-state index is 12.7. The predicted octanol–water partition coefficient (Wildman–Crippen LogP) is 5.83. The van der Waals surface area contributed by atoms with Crippen molar-refractivity contribution in [3.8, 4) is 5.75 Å². The number of ether oxygens (including phenoxy) is 1. The average molecular weight is 481 g/mol. The molecule has 33 heavy (non-hydrogen) atoms. The van der Waals surface area contributed by atoms with E-state index in [1.807, 2.05) is 60.9 Å². The molecule has 0 unspecified atom stereocenters. The Morgan fingerprint density at radius 1 is 1.06 bits per heavy atom. The van der Waals surface area contributed by atoms with Gasteiger partial charge in [-0.05, 0) is 42.0 Å². The summed E-state index contributed by atoms with van der Waals surface area (Å²) in [6.45, 7) is 0.411. The molecule has 0 bridgehead atoms. The summed E-state index contributed by atoms with van der Waals surface area (Å²) < 4.78 is 9.09. The van der Waals surface area contributed by atoms with Crippen molar-refractivity contribution in [1.82, 2.24) is 5.32 Å². The Morgan fingerprint density at radius 2 is 1.76 bits per heavy atom. The van der Waals surface area contributed by atoms with Crippen molar-refractivity contribution >= 4 is 52.2 Å². The number of halogens is 1. The Hall–Kier alpha value is -3.42. The Balaban J connectivity index is 1.76. The first-order chi connectivity index (χ1) is 16.0. The molecule has 0 saturated heterocycles. The summed E-state index contributed by atoms with van der Waals surface area (Å²) >= 11 is 7.55. The zero-order valence-electron chi connectivity index (χ0n) is 18.3. The van der Waals surface area contributed by atoms with Crippen LogP contribution in [-0.4, -0.2) is 24.9 Å². The summed E-state index contributed by atoms with van der Waals surface area (Å²) in [7, 11) is 1.74. The highest BCUT2D eigenvalue weighted by Gasteiger charge is 2.13. The molecule has 8 heteroatoms. The van der Waals surface area contributed by atoms with Crippen LogP contribution in [0.25, 0.3) is 5.70 Å². The van der Waals surface area contributed by atoms with E-state index in [9.17, 15) is 4.79 Å². The van der Waals surface area contributed by atoms with Gasteiger partial charge in [0.2, 0.25) is 0 Å². The zero-order chi connectivity index (χ0) is 23.6. The molecule has 4 N–H and O–H groups in total. The minimum Gasteiger partial charge on any atom is -0.488 e. The summed E-state index contributed by atoms with van der Waals surface area (Å²) in [5.41, 5.74) is 3.44. The van der Waals surface area contributed by atoms with E-state index in [1.165, 1.54) is 18.0 Å². The molecule has 0 fully saturated rings. The van der Waals surface area contributed by atoms with Gasteiger partial charge in [-0.1, -0.05) is 66.0 Å². The van der Waals surface area contributed by atoms with Crippen LogP contribution in [0.5, 0.6) is 5.75 Å². The van der Waals surface area contributed by atoms with Gasteiger partial charge in [-0.25, -0.2) is 0 Å². The van der Waals surface area contributed by atoms with Crippen LogP contribution in [0.3, 0.4) is 0 Å². The first-order valence-electron chi connectivity index (χ1n) is 10.1. The van der Waals surface area contributed by atoms with Crippen LogP contribution >= 0.6 is 23.5 Å². The van der Waals surface area contributed by atoms with Crippen molar-refractivity contribution in [2.45, 2.75) is 6.61 Å². The van der Waals surface area contributed by atoms with Crippen molar-refractivity contribution in [2.24, 2.45) is 0 Å². The smallest absolute Gasteiger partial charge is 0.273 e. The lowest BCUT2D eigenvalue weighted by atomic mass is 10.1. The van der Waals surface area contributed by atoms with Gasteiger partial charge in [-0.3, -0.25) is 10.2 Å². The quantitative estimate of drug-likeness (QED) is 0.217. The van der Waals surface area contributed by atoms with E-state index < -0.39 is 5.91 Å². The molecule has 0 atom stereocenters. The molecule has 3 rings (SSSR count). The Kier molecular flexibility index (Phi) is 8.80. The van der Waals surface area contributed by atoms with Gasteiger partial charge in [-0.2, -0.15) is 0 Å². The van der Waals surface area contributed by atoms with Crippen molar-refractivity contribution in [3.05, 3.63) is 95.0 Å². The van der Waals surface area contributed by atoms with Crippen molar-refractivity contribution in [3.63, 3.8) is 0 Å². The van der Waals surface area contributed by atoms with Gasteiger partial charge in [0.15, 0.2) is 0 Å². The molecule has 0 aliphatic rings. The van der Waals surface area contributed by atoms with Gasteiger partial charge in [0.25, 0.3) is 5.91 Å². The highest BCUT2D eigenvalue weighted by molar-refractivity contribution is 7.99. The van der Waals surface area contributed by atoms with Gasteiger partial charge in [0.05, 0.1) is 0 Å². The number of hydrogen-bond acceptors (Lipinski definition) is 6. The van der Waals surface area contributed by atoms with E-state index in [4.69, 9.17) is 21.7 Å². The van der Waals surface area contributed by atoms with Crippen LogP contribution in [0.15, 0.2) is 78.9 Å². The molecular weight excluding hydrogens is 456 g/mol. The van der Waals surface area contributed by atoms with Gasteiger partial charge < -0.3 is 20.1 Å². The van der Waals surface area contributed by atoms with E-state index in [0.717, 1.165) is 16.8 Å². The molecule has 0 radical (unpaired) electrons. The minimum atomic E-state index is -0.553. The third-order valence-corrected chi connectivity index (χ3v) is 5.25. The van der Waals surface area contributed by atoms with E-state index in [2.05, 4.69) is 15.4 Å². The van der Waals surface area contributed by atoms with Gasteiger partial charge >= 0.3 is 0 Å². The molecule has 0 saturated carbocycles. The van der Waals surface area contributed by atoms with E-state index in [-0.39, 0.29) is 5.71 Å². The van der Waals surface area contributed by atoms with Crippen molar-refractivity contribution < 1.29 is 9.53 Å². The maximum Gasteiger partial charge on any atom is 0.273 e. The normalized spacial score (nSPS) is 10.9. The number of nitrogens with one attached hydrogen (secondary N) is 4. The summed E-state index contributed by atoms with van der Waals surface area (Å²) in [6.07, 6.45) is 3.37. The first-order valence-corrected chi connectivity index (χ1v) is 11.8. The van der Waals surface area contributed by atoms with Crippen LogP contribution < -0.4 is 20.1 Å². The highest BCUT2D eigenvalue weighted by Crippen LogP contribution is 2.26. The fraction of sp³-hybridized carbons (Fsp3) is 0.120. The van der Waals surface area contributed by atoms with Gasteiger partial charge in [-0.15, -0.1) is 0 Å². The van der Waals surface area contributed by atoms with E-state index in [1.54, 1.807) is 25.2 Å². The van der Waals surface area contributed by atoms with Crippen LogP contribution in [0.2, 0.25) is 5.02 Å². The summed E-state index contributed by atoms with van der Waals surface area (Å²) in [5.74, 6) is 0.0978. The molecule has 0 heterocycles. The van der Waals surface area contributed by atoms with Crippen molar-refractivity contribution in [2.75, 3.05) is 23.3 Å². The fourth-order valence-electron chi connectivity index (χ4n) is 3.08. The number of carbonyl (C=O) groups excluding carboxylic acids is 1. The first kappa shape index (κ1) is 24.2. The van der Waals surface area contributed by atoms with Crippen molar-refractivity contribution in [1.29, 1.82) is 5.41 Å². The Labute approximate surface area is 203 Å². The maximum absolute atomic E-state index is 12.7. The van der Waals surface area contributed by atoms with Gasteiger partial charge in [0, 0.05) is 41.0 Å². The number of carbonyl (C=O) groups is 1. The largest absolute Gasteiger partial charge is 0.488 e. The molecule has 0 aliphatic heterocycles. The van der Waals surface area contributed by atoms with Gasteiger partial charge in [0.1, 0.15) is 18.1 Å². The lowest BCUT2D eigenvalue weighted by molar-refractivity contribution is -0.110. The lowest BCUT2D eigenvalue weighted by Crippen LogP contribution is -2.22. The predicted molar refractivity (Wildman–Crippen MR) is 139 cm³/mol. The highest BCUT2D eigenvalue weighted by atomic mass is 35.5. The Morgan fingerprint density at radius 3 is 2.48 bits per heavy atom. The number of benzene rings is 3. The third kappa shape index (κ3) is 7.03. The summed E-state index contributed by atoms with van der Waals surface area (Å²) in [5, 5.41) is 14.6. The van der Waals surface area contributed by atoms with Crippen LogP contribution in [-0.2, 0) is 11.4 Å². The molecule has 0 spiro atoms. The molecule has 1 amide bonds. The monoisotopic (exact) mass is 480 g/mol. The second kappa shape index (κ2) is 12.0. The summed E-state index contributed by atoms with van der Waals surface area (Å²) in [4.78, 5) is 12.7. The standard InChI is InChI=1S/C25H25ClN4O2S/c1-28-23(21-10-6-7-11-24(21)32-16-17-8-4-3-5-9-17)15-22(27)25(31)29-19-12-18(26)13-20(14-19)30-33-2/h3-15,27-28,30H,16H2,1-2H3,(H,29,31)/b23-15-,27-22?. The molecule has 0 aliphatic carbocycles. The number of amides is 1. The van der Waals surface area contributed by atoms with Crippen LogP contribution in [0, 0.1) is 5.41 Å². The zero-order valence-corrected chi connectivity index (χ0v) is 19.9. The molecular formula is C25H25ClN4O2S. The second-order valence-corrected chi connectivity index (χ2v) is 8.03. The summed E-state index contributed by atoms with van der Waals surface area (Å²) in [6, 6.07) is 22.5. The molecule has 170 valence electrons. The van der Waals surface area contributed by atoms with Crippen LogP contribution in [0.1, 0.15) is 11.1 Å². The van der Waals surface area contributed by atoms with Crippen LogP contribution in [0.4, 0.5) is 11.4 Å². The molecule has 6 nitrogen and oxygen atoms in total. The molecule has 3 aromatic rings. The van der Waals surface area contributed by atoms with E-state index >= 15 is 0 Å². The molecule has 3 aromatic carbocycles. The second-order valence-electron chi connectivity index (χ2n) is 6.98. The fourth-order valence-corrected chi connectivity index (χ4v) is 3.67. The average Bonchev–Trinajstić information content (AvgIpc) is 2.82. The number of para-hydroxylation sites is 1. The lowest BCUT2D eigenvalue weighted by Gasteiger charge is -2.14. The third-order valence-electron chi connectivity index (χ3n) is 4.59. The number of anilines is 2. The SMILES string of the molecule is CN/C(=C\C(=N)C(=O)Nc1cc(Cl)cc(NSC)c1)c1ccccc1OCc1ccccc1. The number of hydrogen-bond donors (Lipinski definition) is 4. The topological polar surface area (TPSA) is 86.2 Å².